The van der Waals surface area contributed by atoms with Crippen molar-refractivity contribution in [2.75, 3.05) is 19.0 Å². The first-order chi connectivity index (χ1) is 6.22. The maximum atomic E-state index is 12.5. The summed E-state index contributed by atoms with van der Waals surface area (Å²) in [4.78, 5) is 17.6. The van der Waals surface area contributed by atoms with Crippen molar-refractivity contribution >= 4 is 11.8 Å². The lowest BCUT2D eigenvalue weighted by Gasteiger charge is -2.02. The lowest BCUT2D eigenvalue weighted by atomic mass is 10.5. The van der Waals surface area contributed by atoms with E-state index < -0.39 is 11.9 Å². The monoisotopic (exact) mass is 185 g/mol. The summed E-state index contributed by atoms with van der Waals surface area (Å²) in [6.45, 7) is -0.0487. The number of hydrogen-bond donors (Lipinski definition) is 1. The molecule has 0 aliphatic rings. The van der Waals surface area contributed by atoms with Crippen LogP contribution >= 0.6 is 0 Å². The first-order valence-corrected chi connectivity index (χ1v) is 3.50. The highest BCUT2D eigenvalue weighted by Gasteiger charge is 2.01. The molecule has 0 aliphatic carbocycles. The summed E-state index contributed by atoms with van der Waals surface area (Å²) < 4.78 is 16.8. The van der Waals surface area contributed by atoms with Gasteiger partial charge in [0.25, 0.3) is 0 Å². The maximum absolute atomic E-state index is 12.5. The molecule has 0 radical (unpaired) electrons. The van der Waals surface area contributed by atoms with Gasteiger partial charge in [-0.3, -0.25) is 4.79 Å². The van der Waals surface area contributed by atoms with Gasteiger partial charge >= 0.3 is 5.97 Å². The van der Waals surface area contributed by atoms with Crippen LogP contribution in [0.25, 0.3) is 0 Å². The number of rotatable bonds is 3. The second kappa shape index (κ2) is 4.34. The fraction of sp³-hybridized carbons (Fsp3) is 0.286. The fourth-order valence-corrected chi connectivity index (χ4v) is 0.665. The van der Waals surface area contributed by atoms with Crippen molar-refractivity contribution in [3.8, 4) is 0 Å². The maximum Gasteiger partial charge on any atom is 0.325 e. The molecule has 1 aromatic heterocycles. The molecule has 0 fully saturated rings. The molecule has 0 amide bonds. The first kappa shape index (κ1) is 9.37. The Bertz CT molecular complexity index is 306. The molecule has 0 spiro atoms. The number of esters is 1. The van der Waals surface area contributed by atoms with Gasteiger partial charge in [0.15, 0.2) is 0 Å². The van der Waals surface area contributed by atoms with Gasteiger partial charge in [-0.25, -0.2) is 9.97 Å². The van der Waals surface area contributed by atoms with Crippen LogP contribution in [0.2, 0.25) is 0 Å². The van der Waals surface area contributed by atoms with E-state index in [9.17, 15) is 9.18 Å². The van der Waals surface area contributed by atoms with E-state index in [2.05, 4.69) is 20.0 Å². The van der Waals surface area contributed by atoms with Gasteiger partial charge in [0.05, 0.1) is 7.11 Å². The predicted octanol–water partition coefficient (Wildman–Crippen LogP) is 0.201. The summed E-state index contributed by atoms with van der Waals surface area (Å²) >= 11 is 0. The Morgan fingerprint density at radius 3 is 3.08 bits per heavy atom. The third-order valence-electron chi connectivity index (χ3n) is 1.28. The average molecular weight is 185 g/mol. The van der Waals surface area contributed by atoms with E-state index in [-0.39, 0.29) is 12.4 Å². The fourth-order valence-electron chi connectivity index (χ4n) is 0.665. The summed E-state index contributed by atoms with van der Waals surface area (Å²) in [7, 11) is 1.27. The van der Waals surface area contributed by atoms with Crippen LogP contribution in [0.5, 0.6) is 0 Å². The van der Waals surface area contributed by atoms with E-state index in [1.165, 1.54) is 7.11 Å². The Hall–Kier alpha value is -1.72. The summed E-state index contributed by atoms with van der Waals surface area (Å²) in [6, 6.07) is 1.09. The molecule has 0 saturated carbocycles. The highest BCUT2D eigenvalue weighted by Crippen LogP contribution is 2.00. The van der Waals surface area contributed by atoms with Crippen molar-refractivity contribution in [2.45, 2.75) is 0 Å². The number of anilines is 1. The van der Waals surface area contributed by atoms with Gasteiger partial charge < -0.3 is 10.1 Å². The third kappa shape index (κ3) is 3.02. The molecule has 70 valence electrons. The van der Waals surface area contributed by atoms with E-state index in [1.807, 2.05) is 0 Å². The summed E-state index contributed by atoms with van der Waals surface area (Å²) in [5, 5.41) is 2.57. The van der Waals surface area contributed by atoms with Crippen molar-refractivity contribution in [2.24, 2.45) is 0 Å². The number of carbonyl (C=O) groups excluding carboxylic acids is 1. The van der Waals surface area contributed by atoms with Crippen LogP contribution in [-0.4, -0.2) is 29.6 Å². The molecule has 1 heterocycles. The number of hydrogen-bond acceptors (Lipinski definition) is 5. The zero-order valence-corrected chi connectivity index (χ0v) is 6.95. The summed E-state index contributed by atoms with van der Waals surface area (Å²) in [5.41, 5.74) is 0. The van der Waals surface area contributed by atoms with Crippen LogP contribution in [-0.2, 0) is 9.53 Å². The van der Waals surface area contributed by atoms with Crippen molar-refractivity contribution < 1.29 is 13.9 Å². The minimum Gasteiger partial charge on any atom is -0.468 e. The zero-order chi connectivity index (χ0) is 9.68. The SMILES string of the molecule is COC(=O)CNc1cc(F)ncn1. The normalized spacial score (nSPS) is 9.38. The van der Waals surface area contributed by atoms with Crippen LogP contribution in [0.15, 0.2) is 12.4 Å². The van der Waals surface area contributed by atoms with Gasteiger partial charge in [0.2, 0.25) is 5.95 Å². The third-order valence-corrected chi connectivity index (χ3v) is 1.28. The average Bonchev–Trinajstić information content (AvgIpc) is 2.14. The Morgan fingerprint density at radius 1 is 1.69 bits per heavy atom. The lowest BCUT2D eigenvalue weighted by Crippen LogP contribution is -2.15. The number of halogens is 1. The second-order valence-electron chi connectivity index (χ2n) is 2.16. The van der Waals surface area contributed by atoms with Crippen molar-refractivity contribution in [1.82, 2.24) is 9.97 Å². The molecule has 1 rings (SSSR count). The van der Waals surface area contributed by atoms with E-state index >= 15 is 0 Å². The van der Waals surface area contributed by atoms with E-state index in [0.717, 1.165) is 12.4 Å². The number of carbonyl (C=O) groups is 1. The molecular weight excluding hydrogens is 177 g/mol. The highest BCUT2D eigenvalue weighted by atomic mass is 19.1. The van der Waals surface area contributed by atoms with Gasteiger partial charge in [-0.15, -0.1) is 0 Å². The number of ether oxygens (including phenoxy) is 1. The van der Waals surface area contributed by atoms with Crippen LogP contribution in [0.4, 0.5) is 10.2 Å². The predicted molar refractivity (Wildman–Crippen MR) is 42.5 cm³/mol. The van der Waals surface area contributed by atoms with E-state index in [0.29, 0.717) is 0 Å². The largest absolute Gasteiger partial charge is 0.468 e. The molecule has 0 unspecified atom stereocenters. The van der Waals surface area contributed by atoms with Gasteiger partial charge in [-0.05, 0) is 0 Å². The zero-order valence-electron chi connectivity index (χ0n) is 6.95. The molecular formula is C7H8FN3O2. The summed E-state index contributed by atoms with van der Waals surface area (Å²) in [5.74, 6) is -0.848. The van der Waals surface area contributed by atoms with Crippen LogP contribution < -0.4 is 5.32 Å². The molecule has 0 aromatic carbocycles. The van der Waals surface area contributed by atoms with Crippen LogP contribution in [0.1, 0.15) is 0 Å². The molecule has 0 aliphatic heterocycles. The van der Waals surface area contributed by atoms with Gasteiger partial charge in [-0.2, -0.15) is 4.39 Å². The lowest BCUT2D eigenvalue weighted by molar-refractivity contribution is -0.138. The summed E-state index contributed by atoms with van der Waals surface area (Å²) in [6.07, 6.45) is 1.06. The van der Waals surface area contributed by atoms with Crippen molar-refractivity contribution in [3.63, 3.8) is 0 Å². The van der Waals surface area contributed by atoms with Crippen LogP contribution in [0.3, 0.4) is 0 Å². The Labute approximate surface area is 74.0 Å². The van der Waals surface area contributed by atoms with E-state index in [4.69, 9.17) is 0 Å². The van der Waals surface area contributed by atoms with E-state index in [1.54, 1.807) is 0 Å². The van der Waals surface area contributed by atoms with Gasteiger partial charge in [0.1, 0.15) is 18.7 Å². The minimum atomic E-state index is -0.651. The Morgan fingerprint density at radius 2 is 2.46 bits per heavy atom. The van der Waals surface area contributed by atoms with Gasteiger partial charge in [0, 0.05) is 6.07 Å². The molecule has 1 aromatic rings. The molecule has 0 saturated heterocycles. The molecule has 0 bridgehead atoms. The minimum absolute atomic E-state index is 0.0487. The number of nitrogens with zero attached hydrogens (tertiary/aromatic N) is 2. The quantitative estimate of drug-likeness (QED) is 0.538. The highest BCUT2D eigenvalue weighted by molar-refractivity contribution is 5.74. The molecule has 1 N–H and O–H groups in total. The second-order valence-corrected chi connectivity index (χ2v) is 2.16. The standard InChI is InChI=1S/C7H8FN3O2/c1-13-7(12)3-9-6-2-5(8)10-4-11-6/h2,4H,3H2,1H3,(H,9,10,11). The first-order valence-electron chi connectivity index (χ1n) is 3.50. The topological polar surface area (TPSA) is 64.1 Å². The number of methoxy groups -OCH3 is 1. The molecule has 0 atom stereocenters. The van der Waals surface area contributed by atoms with Gasteiger partial charge in [-0.1, -0.05) is 0 Å². The smallest absolute Gasteiger partial charge is 0.325 e. The molecule has 5 nitrogen and oxygen atoms in total. The Kier molecular flexibility index (Phi) is 3.13. The van der Waals surface area contributed by atoms with Crippen LogP contribution in [0, 0.1) is 5.95 Å². The van der Waals surface area contributed by atoms with Crippen molar-refractivity contribution in [3.05, 3.63) is 18.3 Å². The Balaban J connectivity index is 2.50. The number of aromatic nitrogens is 2. The number of nitrogens with one attached hydrogen (secondary N) is 1. The molecule has 13 heavy (non-hydrogen) atoms. The molecule has 6 heteroatoms. The van der Waals surface area contributed by atoms with Crippen molar-refractivity contribution in [1.29, 1.82) is 0 Å².